The van der Waals surface area contributed by atoms with Crippen LogP contribution < -0.4 is 15.9 Å². The highest BCUT2D eigenvalue weighted by Crippen LogP contribution is 2.59. The molecule has 0 aliphatic carbocycles. The molecule has 0 aliphatic rings. The molecular weight excluding hydrogens is 343 g/mol. The van der Waals surface area contributed by atoms with Gasteiger partial charge in [-0.3, -0.25) is 0 Å². The molecule has 3 aromatic rings. The van der Waals surface area contributed by atoms with Crippen LogP contribution in [-0.2, 0) is 0 Å². The van der Waals surface area contributed by atoms with Gasteiger partial charge in [0.1, 0.15) is 23.2 Å². The predicted octanol–water partition coefficient (Wildman–Crippen LogP) is 6.05. The summed E-state index contributed by atoms with van der Waals surface area (Å²) in [5.41, 5.74) is 0.267. The van der Waals surface area contributed by atoms with Gasteiger partial charge in [0.05, 0.1) is 6.16 Å². The Bertz CT molecular complexity index is 723. The summed E-state index contributed by atoms with van der Waals surface area (Å²) in [7, 11) is -1.73. The Balaban J connectivity index is 2.26. The van der Waals surface area contributed by atoms with E-state index in [0.717, 1.165) is 0 Å². The highest BCUT2D eigenvalue weighted by atomic mass is 31.2. The summed E-state index contributed by atoms with van der Waals surface area (Å²) in [4.78, 5) is 0. The molecule has 0 atom stereocenters. The third kappa shape index (κ3) is 4.50. The van der Waals surface area contributed by atoms with E-state index < -0.39 is 7.26 Å². The zero-order chi connectivity index (χ0) is 19.3. The lowest BCUT2D eigenvalue weighted by Crippen LogP contribution is -2.38. The fourth-order valence-electron chi connectivity index (χ4n) is 4.58. The van der Waals surface area contributed by atoms with Crippen LogP contribution in [0.3, 0.4) is 0 Å². The molecule has 0 spiro atoms. The van der Waals surface area contributed by atoms with Gasteiger partial charge in [0.2, 0.25) is 0 Å². The first-order valence-electron chi connectivity index (χ1n) is 9.99. The first kappa shape index (κ1) is 19.8. The summed E-state index contributed by atoms with van der Waals surface area (Å²) in [6.07, 6.45) is 2.43. The summed E-state index contributed by atoms with van der Waals surface area (Å²) in [5.74, 6) is 0.698. The smallest absolute Gasteiger partial charge is 0.0628 e. The van der Waals surface area contributed by atoms with Crippen LogP contribution in [-0.4, -0.2) is 6.16 Å². The van der Waals surface area contributed by atoms with Crippen molar-refractivity contribution >= 4 is 23.2 Å². The van der Waals surface area contributed by atoms with E-state index in [2.05, 4.69) is 119 Å². The second kappa shape index (κ2) is 8.41. The summed E-state index contributed by atoms with van der Waals surface area (Å²) in [5, 5.41) is 4.46. The molecule has 0 fully saturated rings. The lowest BCUT2D eigenvalue weighted by atomic mass is 9.86. The lowest BCUT2D eigenvalue weighted by molar-refractivity contribution is 0.326. The van der Waals surface area contributed by atoms with Crippen molar-refractivity contribution in [2.24, 2.45) is 11.3 Å². The van der Waals surface area contributed by atoms with Gasteiger partial charge in [-0.15, -0.1) is 0 Å². The molecule has 0 nitrogen and oxygen atoms in total. The SMILES string of the molecule is CC(C)CC(C)(C)C[P+](c1ccccc1)(c1ccccc1)c1ccccc1. The minimum absolute atomic E-state index is 0.267. The summed E-state index contributed by atoms with van der Waals surface area (Å²) >= 11 is 0. The Labute approximate surface area is 166 Å². The fourth-order valence-corrected chi connectivity index (χ4v) is 9.48. The van der Waals surface area contributed by atoms with Crippen molar-refractivity contribution in [1.82, 2.24) is 0 Å². The molecule has 1 heteroatoms. The lowest BCUT2D eigenvalue weighted by Gasteiger charge is -2.35. The van der Waals surface area contributed by atoms with E-state index in [-0.39, 0.29) is 5.41 Å². The van der Waals surface area contributed by atoms with Gasteiger partial charge in [0.15, 0.2) is 0 Å². The second-order valence-corrected chi connectivity index (χ2v) is 12.2. The maximum absolute atomic E-state index is 2.45. The maximum atomic E-state index is 2.45. The Hall–Kier alpha value is -1.91. The number of hydrogen-bond acceptors (Lipinski definition) is 0. The van der Waals surface area contributed by atoms with E-state index in [9.17, 15) is 0 Å². The number of rotatable bonds is 7. The van der Waals surface area contributed by atoms with Gasteiger partial charge < -0.3 is 0 Å². The minimum Gasteiger partial charge on any atom is -0.0628 e. The molecule has 140 valence electrons. The van der Waals surface area contributed by atoms with Gasteiger partial charge >= 0.3 is 0 Å². The molecule has 0 radical (unpaired) electrons. The summed E-state index contributed by atoms with van der Waals surface area (Å²) < 4.78 is 0. The number of benzene rings is 3. The van der Waals surface area contributed by atoms with Crippen molar-refractivity contribution in [3.8, 4) is 0 Å². The second-order valence-electron chi connectivity index (χ2n) is 8.74. The Morgan fingerprint density at radius 3 is 1.26 bits per heavy atom. The number of hydrogen-bond donors (Lipinski definition) is 0. The Kier molecular flexibility index (Phi) is 6.18. The van der Waals surface area contributed by atoms with E-state index in [1.165, 1.54) is 28.5 Å². The quantitative estimate of drug-likeness (QED) is 0.441. The van der Waals surface area contributed by atoms with Crippen molar-refractivity contribution in [3.05, 3.63) is 91.0 Å². The molecule has 0 amide bonds. The highest BCUT2D eigenvalue weighted by Gasteiger charge is 2.49. The zero-order valence-corrected chi connectivity index (χ0v) is 18.0. The molecular formula is C26H32P+. The van der Waals surface area contributed by atoms with E-state index >= 15 is 0 Å². The average Bonchev–Trinajstić information content (AvgIpc) is 2.67. The molecule has 0 saturated heterocycles. The third-order valence-electron chi connectivity index (χ3n) is 5.22. The predicted molar refractivity (Wildman–Crippen MR) is 123 cm³/mol. The Morgan fingerprint density at radius 1 is 0.630 bits per heavy atom. The van der Waals surface area contributed by atoms with Crippen LogP contribution in [0.5, 0.6) is 0 Å². The van der Waals surface area contributed by atoms with Crippen LogP contribution >= 0.6 is 7.26 Å². The molecule has 0 saturated carbocycles. The van der Waals surface area contributed by atoms with Gasteiger partial charge in [-0.2, -0.15) is 0 Å². The van der Waals surface area contributed by atoms with Crippen LogP contribution in [0.2, 0.25) is 0 Å². The molecule has 3 rings (SSSR count). The average molecular weight is 376 g/mol. The first-order valence-corrected chi connectivity index (χ1v) is 12.0. The molecule has 0 unspecified atom stereocenters. The first-order chi connectivity index (χ1) is 12.9. The van der Waals surface area contributed by atoms with Gasteiger partial charge in [0, 0.05) is 0 Å². The van der Waals surface area contributed by atoms with Gasteiger partial charge in [-0.05, 0) is 54.2 Å². The van der Waals surface area contributed by atoms with Crippen LogP contribution in [0.25, 0.3) is 0 Å². The van der Waals surface area contributed by atoms with Crippen LogP contribution in [0.1, 0.15) is 34.1 Å². The van der Waals surface area contributed by atoms with Crippen molar-refractivity contribution in [2.45, 2.75) is 34.1 Å². The maximum Gasteiger partial charge on any atom is 0.112 e. The van der Waals surface area contributed by atoms with Crippen LogP contribution in [0.15, 0.2) is 91.0 Å². The Morgan fingerprint density at radius 2 is 0.963 bits per heavy atom. The van der Waals surface area contributed by atoms with Crippen LogP contribution in [0, 0.1) is 11.3 Å². The van der Waals surface area contributed by atoms with Crippen molar-refractivity contribution in [2.75, 3.05) is 6.16 Å². The monoisotopic (exact) mass is 375 g/mol. The van der Waals surface area contributed by atoms with Gasteiger partial charge in [-0.1, -0.05) is 82.3 Å². The van der Waals surface area contributed by atoms with E-state index in [1.807, 2.05) is 0 Å². The molecule has 0 aromatic heterocycles. The minimum atomic E-state index is -1.73. The zero-order valence-electron chi connectivity index (χ0n) is 17.1. The van der Waals surface area contributed by atoms with Crippen molar-refractivity contribution in [3.63, 3.8) is 0 Å². The highest BCUT2D eigenvalue weighted by molar-refractivity contribution is 7.95. The normalized spacial score (nSPS) is 12.3. The molecule has 3 aromatic carbocycles. The van der Waals surface area contributed by atoms with E-state index in [4.69, 9.17) is 0 Å². The third-order valence-corrected chi connectivity index (χ3v) is 10.1. The van der Waals surface area contributed by atoms with E-state index in [1.54, 1.807) is 0 Å². The largest absolute Gasteiger partial charge is 0.112 e. The molecule has 0 N–H and O–H groups in total. The fraction of sp³-hybridized carbons (Fsp3) is 0.308. The van der Waals surface area contributed by atoms with Crippen molar-refractivity contribution < 1.29 is 0 Å². The standard InChI is InChI=1S/C26H32P/c1-22(2)20-26(3,4)21-27(23-14-8-5-9-15-23,24-16-10-6-11-17-24)25-18-12-7-13-19-25/h5-19,22H,20-21H2,1-4H3/q+1. The summed E-state index contributed by atoms with van der Waals surface area (Å²) in [6, 6.07) is 33.7. The van der Waals surface area contributed by atoms with Gasteiger partial charge in [-0.25, -0.2) is 0 Å². The van der Waals surface area contributed by atoms with E-state index in [0.29, 0.717) is 5.92 Å². The molecule has 0 bridgehead atoms. The molecule has 27 heavy (non-hydrogen) atoms. The molecule has 0 heterocycles. The van der Waals surface area contributed by atoms with Crippen molar-refractivity contribution in [1.29, 1.82) is 0 Å². The summed E-state index contributed by atoms with van der Waals surface area (Å²) in [6.45, 7) is 9.60. The van der Waals surface area contributed by atoms with Gasteiger partial charge in [0.25, 0.3) is 0 Å². The molecule has 0 aliphatic heterocycles. The topological polar surface area (TPSA) is 0 Å². The van der Waals surface area contributed by atoms with Crippen LogP contribution in [0.4, 0.5) is 0 Å².